The molecule has 3 aromatic rings. The van der Waals surface area contributed by atoms with Crippen LogP contribution in [0.5, 0.6) is 17.2 Å². The fraction of sp³-hybridized carbons (Fsp3) is 0.227. The Bertz CT molecular complexity index is 869. The van der Waals surface area contributed by atoms with Crippen LogP contribution < -0.4 is 19.5 Å². The number of ether oxygens (including phenoxy) is 3. The molecule has 0 atom stereocenters. The second kappa shape index (κ2) is 9.80. The van der Waals surface area contributed by atoms with Crippen LogP contribution >= 0.6 is 11.3 Å². The highest BCUT2D eigenvalue weighted by Crippen LogP contribution is 2.39. The van der Waals surface area contributed by atoms with Gasteiger partial charge in [0.15, 0.2) is 11.5 Å². The maximum absolute atomic E-state index is 12.5. The van der Waals surface area contributed by atoms with E-state index in [-0.39, 0.29) is 5.91 Å². The standard InChI is InChI=1S/C22H23NO4S/c1-25-19-13-17(22(24)23-11-10-18-9-6-12-28-18)14-20(26-2)21(19)27-15-16-7-4-3-5-8-16/h3-9,12-14H,10-11,15H2,1-2H3,(H,23,24). The maximum Gasteiger partial charge on any atom is 0.251 e. The molecule has 3 rings (SSSR count). The van der Waals surface area contributed by atoms with E-state index in [1.165, 1.54) is 4.88 Å². The van der Waals surface area contributed by atoms with Gasteiger partial charge in [0.05, 0.1) is 14.2 Å². The molecule has 0 saturated heterocycles. The van der Waals surface area contributed by atoms with Gasteiger partial charge in [-0.2, -0.15) is 0 Å². The van der Waals surface area contributed by atoms with Crippen LogP contribution in [0.15, 0.2) is 60.0 Å². The van der Waals surface area contributed by atoms with E-state index < -0.39 is 0 Å². The van der Waals surface area contributed by atoms with E-state index in [9.17, 15) is 4.79 Å². The molecule has 1 N–H and O–H groups in total. The fourth-order valence-corrected chi connectivity index (χ4v) is 3.45. The molecule has 6 heteroatoms. The maximum atomic E-state index is 12.5. The summed E-state index contributed by atoms with van der Waals surface area (Å²) < 4.78 is 16.8. The number of carbonyl (C=O) groups excluding carboxylic acids is 1. The third kappa shape index (κ3) is 5.04. The number of rotatable bonds is 9. The molecule has 0 aliphatic carbocycles. The highest BCUT2D eigenvalue weighted by atomic mass is 32.1. The lowest BCUT2D eigenvalue weighted by atomic mass is 10.1. The number of amides is 1. The molecule has 5 nitrogen and oxygen atoms in total. The van der Waals surface area contributed by atoms with Crippen molar-refractivity contribution in [3.05, 3.63) is 76.0 Å². The second-order valence-electron chi connectivity index (χ2n) is 6.07. The molecule has 1 amide bonds. The van der Waals surface area contributed by atoms with Crippen molar-refractivity contribution >= 4 is 17.2 Å². The molecule has 28 heavy (non-hydrogen) atoms. The second-order valence-corrected chi connectivity index (χ2v) is 7.10. The van der Waals surface area contributed by atoms with Crippen LogP contribution in [-0.2, 0) is 13.0 Å². The minimum Gasteiger partial charge on any atom is -0.493 e. The van der Waals surface area contributed by atoms with Gasteiger partial charge in [0.25, 0.3) is 5.91 Å². The van der Waals surface area contributed by atoms with E-state index in [1.54, 1.807) is 37.7 Å². The minimum atomic E-state index is -0.178. The van der Waals surface area contributed by atoms with Crippen LogP contribution in [0.1, 0.15) is 20.8 Å². The largest absolute Gasteiger partial charge is 0.493 e. The van der Waals surface area contributed by atoms with Gasteiger partial charge in [-0.15, -0.1) is 11.3 Å². The van der Waals surface area contributed by atoms with Gasteiger partial charge in [-0.1, -0.05) is 36.4 Å². The Balaban J connectivity index is 1.71. The van der Waals surface area contributed by atoms with Crippen LogP contribution in [0.2, 0.25) is 0 Å². The van der Waals surface area contributed by atoms with E-state index in [0.29, 0.717) is 36.0 Å². The van der Waals surface area contributed by atoms with Crippen molar-refractivity contribution in [2.45, 2.75) is 13.0 Å². The van der Waals surface area contributed by atoms with Gasteiger partial charge in [0.2, 0.25) is 5.75 Å². The van der Waals surface area contributed by atoms with Crippen LogP contribution in [-0.4, -0.2) is 26.7 Å². The van der Waals surface area contributed by atoms with E-state index >= 15 is 0 Å². The van der Waals surface area contributed by atoms with Gasteiger partial charge < -0.3 is 19.5 Å². The zero-order valence-electron chi connectivity index (χ0n) is 15.9. The highest BCUT2D eigenvalue weighted by molar-refractivity contribution is 7.09. The van der Waals surface area contributed by atoms with Crippen molar-refractivity contribution in [3.63, 3.8) is 0 Å². The summed E-state index contributed by atoms with van der Waals surface area (Å²) in [6.07, 6.45) is 0.802. The average molecular weight is 397 g/mol. The predicted octanol–water partition coefficient (Wildman–Crippen LogP) is 4.32. The fourth-order valence-electron chi connectivity index (χ4n) is 2.74. The van der Waals surface area contributed by atoms with E-state index in [1.807, 2.05) is 41.8 Å². The summed E-state index contributed by atoms with van der Waals surface area (Å²) in [4.78, 5) is 13.8. The lowest BCUT2D eigenvalue weighted by Gasteiger charge is -2.16. The third-order valence-electron chi connectivity index (χ3n) is 4.19. The summed E-state index contributed by atoms with van der Waals surface area (Å²) in [6, 6.07) is 17.2. The predicted molar refractivity (Wildman–Crippen MR) is 111 cm³/mol. The van der Waals surface area contributed by atoms with E-state index in [0.717, 1.165) is 12.0 Å². The van der Waals surface area contributed by atoms with Gasteiger partial charge in [-0.25, -0.2) is 0 Å². The number of thiophene rings is 1. The van der Waals surface area contributed by atoms with Crippen LogP contribution in [0.3, 0.4) is 0 Å². The Kier molecular flexibility index (Phi) is 6.92. The summed E-state index contributed by atoms with van der Waals surface area (Å²) >= 11 is 1.68. The lowest BCUT2D eigenvalue weighted by molar-refractivity contribution is 0.0953. The topological polar surface area (TPSA) is 56.8 Å². The van der Waals surface area contributed by atoms with Gasteiger partial charge in [-0.3, -0.25) is 4.79 Å². The van der Waals surface area contributed by atoms with Crippen molar-refractivity contribution in [1.82, 2.24) is 5.32 Å². The molecule has 146 valence electrons. The molecule has 0 saturated carbocycles. The Labute approximate surface area is 168 Å². The van der Waals surface area contributed by atoms with E-state index in [4.69, 9.17) is 14.2 Å². The van der Waals surface area contributed by atoms with Crippen molar-refractivity contribution in [1.29, 1.82) is 0 Å². The summed E-state index contributed by atoms with van der Waals surface area (Å²) in [6.45, 7) is 0.941. The highest BCUT2D eigenvalue weighted by Gasteiger charge is 2.18. The Morgan fingerprint density at radius 1 is 1.00 bits per heavy atom. The zero-order valence-corrected chi connectivity index (χ0v) is 16.8. The molecular weight excluding hydrogens is 374 g/mol. The van der Waals surface area contributed by atoms with E-state index in [2.05, 4.69) is 11.4 Å². The quantitative estimate of drug-likeness (QED) is 0.584. The van der Waals surface area contributed by atoms with Crippen LogP contribution in [0.4, 0.5) is 0 Å². The average Bonchev–Trinajstić information content (AvgIpc) is 3.25. The van der Waals surface area contributed by atoms with Crippen molar-refractivity contribution < 1.29 is 19.0 Å². The first-order valence-corrected chi connectivity index (χ1v) is 9.82. The molecule has 1 aromatic heterocycles. The monoisotopic (exact) mass is 397 g/mol. The number of benzene rings is 2. The first kappa shape index (κ1) is 19.8. The minimum absolute atomic E-state index is 0.178. The van der Waals surface area contributed by atoms with Crippen molar-refractivity contribution in [2.24, 2.45) is 0 Å². The molecule has 0 fully saturated rings. The molecular formula is C22H23NO4S. The number of carbonyl (C=O) groups is 1. The van der Waals surface area contributed by atoms with Gasteiger partial charge in [0, 0.05) is 17.0 Å². The molecule has 0 radical (unpaired) electrons. The van der Waals surface area contributed by atoms with Crippen LogP contribution in [0.25, 0.3) is 0 Å². The smallest absolute Gasteiger partial charge is 0.251 e. The summed E-state index contributed by atoms with van der Waals surface area (Å²) in [7, 11) is 3.09. The molecule has 0 spiro atoms. The number of methoxy groups -OCH3 is 2. The number of hydrogen-bond acceptors (Lipinski definition) is 5. The SMILES string of the molecule is COc1cc(C(=O)NCCc2cccs2)cc(OC)c1OCc1ccccc1. The molecule has 0 aliphatic heterocycles. The molecule has 0 bridgehead atoms. The summed E-state index contributed by atoms with van der Waals surface area (Å²) in [5.74, 6) is 1.21. The Morgan fingerprint density at radius 3 is 2.32 bits per heavy atom. The number of nitrogens with one attached hydrogen (secondary N) is 1. The first-order valence-electron chi connectivity index (χ1n) is 8.94. The third-order valence-corrected chi connectivity index (χ3v) is 5.12. The number of hydrogen-bond donors (Lipinski definition) is 1. The molecule has 1 heterocycles. The lowest BCUT2D eigenvalue weighted by Crippen LogP contribution is -2.25. The van der Waals surface area contributed by atoms with Gasteiger partial charge in [-0.05, 0) is 35.6 Å². The van der Waals surface area contributed by atoms with Gasteiger partial charge in [0.1, 0.15) is 6.61 Å². The molecule has 2 aromatic carbocycles. The normalized spacial score (nSPS) is 10.4. The Morgan fingerprint density at radius 2 is 1.71 bits per heavy atom. The zero-order chi connectivity index (χ0) is 19.8. The van der Waals surface area contributed by atoms with Gasteiger partial charge >= 0.3 is 0 Å². The molecule has 0 unspecified atom stereocenters. The van der Waals surface area contributed by atoms with Crippen molar-refractivity contribution in [2.75, 3.05) is 20.8 Å². The Hall–Kier alpha value is -2.99. The summed E-state index contributed by atoms with van der Waals surface area (Å²) in [5, 5.41) is 4.96. The first-order chi connectivity index (χ1) is 13.7. The van der Waals surface area contributed by atoms with Crippen molar-refractivity contribution in [3.8, 4) is 17.2 Å². The summed E-state index contributed by atoms with van der Waals surface area (Å²) in [5.41, 5.74) is 1.49. The molecule has 0 aliphatic rings. The van der Waals surface area contributed by atoms with Crippen LogP contribution in [0, 0.1) is 0 Å².